The number of halogens is 2. The number of nitrogens with zero attached hydrogens (tertiary/aromatic N) is 1. The Labute approximate surface area is 95.5 Å². The number of aliphatic carboxylic acids is 1. The van der Waals surface area contributed by atoms with Crippen molar-refractivity contribution in [1.29, 1.82) is 0 Å². The summed E-state index contributed by atoms with van der Waals surface area (Å²) in [6.45, 7) is 0. The fourth-order valence-electron chi connectivity index (χ4n) is 1.46. The van der Waals surface area contributed by atoms with Gasteiger partial charge < -0.3 is 5.11 Å². The van der Waals surface area contributed by atoms with Crippen LogP contribution in [0.25, 0.3) is 10.9 Å². The van der Waals surface area contributed by atoms with Crippen molar-refractivity contribution in [2.75, 3.05) is 0 Å². The summed E-state index contributed by atoms with van der Waals surface area (Å²) in [7, 11) is 0. The molecule has 0 bridgehead atoms. The highest BCUT2D eigenvalue weighted by Gasteiger charge is 2.10. The highest BCUT2D eigenvalue weighted by atomic mass is 35.5. The fraction of sp³-hybridized carbons (Fsp3) is 0.0909. The molecule has 0 aliphatic carbocycles. The first-order chi connectivity index (χ1) is 7.58. The second-order valence-electron chi connectivity index (χ2n) is 3.33. The zero-order valence-corrected chi connectivity index (χ0v) is 8.83. The van der Waals surface area contributed by atoms with E-state index in [1.54, 1.807) is 0 Å². The number of aromatic nitrogens is 1. The maximum atomic E-state index is 13.0. The molecule has 0 radical (unpaired) electrons. The van der Waals surface area contributed by atoms with Gasteiger partial charge in [0, 0.05) is 17.1 Å². The highest BCUT2D eigenvalue weighted by molar-refractivity contribution is 6.36. The minimum Gasteiger partial charge on any atom is -0.481 e. The van der Waals surface area contributed by atoms with Crippen LogP contribution in [0.3, 0.4) is 0 Å². The van der Waals surface area contributed by atoms with Crippen LogP contribution in [0.4, 0.5) is 4.39 Å². The third kappa shape index (κ3) is 1.97. The van der Waals surface area contributed by atoms with Gasteiger partial charge in [0.2, 0.25) is 0 Å². The standard InChI is InChI=1S/C11H7ClFNO2/c12-11-6(3-10(15)16)5-14-9-2-1-7(13)4-8(9)11/h1-2,4-5H,3H2,(H,15,16). The second kappa shape index (κ2) is 4.06. The molecule has 3 nitrogen and oxygen atoms in total. The van der Waals surface area contributed by atoms with Crippen LogP contribution in [-0.2, 0) is 11.2 Å². The van der Waals surface area contributed by atoms with Crippen molar-refractivity contribution in [3.63, 3.8) is 0 Å². The first-order valence-electron chi connectivity index (χ1n) is 4.52. The van der Waals surface area contributed by atoms with Crippen LogP contribution in [0.15, 0.2) is 24.4 Å². The average Bonchev–Trinajstić information content (AvgIpc) is 2.22. The zero-order chi connectivity index (χ0) is 11.7. The molecule has 1 aromatic carbocycles. The monoisotopic (exact) mass is 239 g/mol. The Hall–Kier alpha value is -1.68. The Kier molecular flexibility index (Phi) is 2.75. The predicted octanol–water partition coefficient (Wildman–Crippen LogP) is 2.65. The topological polar surface area (TPSA) is 50.2 Å². The van der Waals surface area contributed by atoms with E-state index >= 15 is 0 Å². The van der Waals surface area contributed by atoms with Gasteiger partial charge >= 0.3 is 5.97 Å². The molecular weight excluding hydrogens is 233 g/mol. The van der Waals surface area contributed by atoms with Crippen LogP contribution in [0, 0.1) is 5.82 Å². The lowest BCUT2D eigenvalue weighted by Gasteiger charge is -2.04. The van der Waals surface area contributed by atoms with E-state index in [4.69, 9.17) is 16.7 Å². The van der Waals surface area contributed by atoms with E-state index < -0.39 is 11.8 Å². The second-order valence-corrected chi connectivity index (χ2v) is 3.71. The van der Waals surface area contributed by atoms with E-state index in [0.29, 0.717) is 16.5 Å². The zero-order valence-electron chi connectivity index (χ0n) is 8.08. The molecule has 5 heteroatoms. The van der Waals surface area contributed by atoms with Crippen molar-refractivity contribution in [1.82, 2.24) is 4.98 Å². The lowest BCUT2D eigenvalue weighted by Crippen LogP contribution is -2.01. The summed E-state index contributed by atoms with van der Waals surface area (Å²) < 4.78 is 13.0. The van der Waals surface area contributed by atoms with Crippen molar-refractivity contribution in [2.45, 2.75) is 6.42 Å². The van der Waals surface area contributed by atoms with Crippen LogP contribution in [0.5, 0.6) is 0 Å². The largest absolute Gasteiger partial charge is 0.481 e. The third-order valence-electron chi connectivity index (χ3n) is 2.18. The molecule has 2 aromatic rings. The highest BCUT2D eigenvalue weighted by Crippen LogP contribution is 2.26. The summed E-state index contributed by atoms with van der Waals surface area (Å²) in [5.74, 6) is -1.43. The SMILES string of the molecule is O=C(O)Cc1cnc2ccc(F)cc2c1Cl. The van der Waals surface area contributed by atoms with Crippen LogP contribution < -0.4 is 0 Å². The lowest BCUT2D eigenvalue weighted by molar-refractivity contribution is -0.136. The first-order valence-corrected chi connectivity index (χ1v) is 4.90. The van der Waals surface area contributed by atoms with Crippen LogP contribution in [0.2, 0.25) is 5.02 Å². The van der Waals surface area contributed by atoms with Gasteiger partial charge in [0.05, 0.1) is 17.0 Å². The molecule has 82 valence electrons. The first kappa shape index (κ1) is 10.8. The number of carbonyl (C=O) groups is 1. The van der Waals surface area contributed by atoms with Crippen molar-refractivity contribution in [2.24, 2.45) is 0 Å². The molecular formula is C11H7ClFNO2. The predicted molar refractivity (Wildman–Crippen MR) is 58.1 cm³/mol. The van der Waals surface area contributed by atoms with Crippen molar-refractivity contribution >= 4 is 28.5 Å². The number of benzene rings is 1. The molecule has 0 fully saturated rings. The molecule has 0 saturated heterocycles. The molecule has 0 aliphatic rings. The van der Waals surface area contributed by atoms with Gasteiger partial charge in [-0.15, -0.1) is 0 Å². The van der Waals surface area contributed by atoms with E-state index in [-0.39, 0.29) is 11.4 Å². The van der Waals surface area contributed by atoms with Crippen molar-refractivity contribution < 1.29 is 14.3 Å². The average molecular weight is 240 g/mol. The third-order valence-corrected chi connectivity index (χ3v) is 2.62. The molecule has 2 rings (SSSR count). The molecule has 0 saturated carbocycles. The van der Waals surface area contributed by atoms with Gasteiger partial charge in [0.1, 0.15) is 5.82 Å². The Morgan fingerprint density at radius 1 is 1.50 bits per heavy atom. The number of carboxylic acid groups (broad SMARTS) is 1. The normalized spacial score (nSPS) is 10.6. The van der Waals surface area contributed by atoms with E-state index in [1.165, 1.54) is 24.4 Å². The number of pyridine rings is 1. The molecule has 16 heavy (non-hydrogen) atoms. The molecule has 1 heterocycles. The number of carboxylic acids is 1. The Morgan fingerprint density at radius 3 is 2.94 bits per heavy atom. The van der Waals surface area contributed by atoms with Gasteiger partial charge in [0.15, 0.2) is 0 Å². The van der Waals surface area contributed by atoms with E-state index in [1.807, 2.05) is 0 Å². The molecule has 0 unspecified atom stereocenters. The number of fused-ring (bicyclic) bond motifs is 1. The van der Waals surface area contributed by atoms with Gasteiger partial charge in [-0.3, -0.25) is 9.78 Å². The summed E-state index contributed by atoms with van der Waals surface area (Å²) in [6.07, 6.45) is 1.18. The van der Waals surface area contributed by atoms with Crippen LogP contribution in [-0.4, -0.2) is 16.1 Å². The summed E-state index contributed by atoms with van der Waals surface area (Å²) in [5.41, 5.74) is 0.924. The maximum Gasteiger partial charge on any atom is 0.307 e. The number of hydrogen-bond acceptors (Lipinski definition) is 2. The van der Waals surface area contributed by atoms with Gasteiger partial charge in [-0.1, -0.05) is 11.6 Å². The van der Waals surface area contributed by atoms with Crippen molar-refractivity contribution in [3.05, 3.63) is 40.8 Å². The Bertz CT molecular complexity index is 571. The van der Waals surface area contributed by atoms with Gasteiger partial charge in [0.25, 0.3) is 0 Å². The summed E-state index contributed by atoms with van der Waals surface area (Å²) in [4.78, 5) is 14.6. The molecule has 0 spiro atoms. The molecule has 0 amide bonds. The minimum absolute atomic E-state index is 0.224. The van der Waals surface area contributed by atoms with Gasteiger partial charge in [-0.25, -0.2) is 4.39 Å². The molecule has 0 atom stereocenters. The quantitative estimate of drug-likeness (QED) is 0.877. The fourth-order valence-corrected chi connectivity index (χ4v) is 1.73. The molecule has 0 aliphatic heterocycles. The van der Waals surface area contributed by atoms with Crippen LogP contribution >= 0.6 is 11.6 Å². The van der Waals surface area contributed by atoms with Gasteiger partial charge in [-0.2, -0.15) is 0 Å². The number of hydrogen-bond donors (Lipinski definition) is 1. The molecule has 1 N–H and O–H groups in total. The van der Waals surface area contributed by atoms with E-state index in [2.05, 4.69) is 4.98 Å². The van der Waals surface area contributed by atoms with Crippen molar-refractivity contribution in [3.8, 4) is 0 Å². The lowest BCUT2D eigenvalue weighted by atomic mass is 10.1. The Morgan fingerprint density at radius 2 is 2.25 bits per heavy atom. The molecule has 1 aromatic heterocycles. The van der Waals surface area contributed by atoms with Gasteiger partial charge in [-0.05, 0) is 18.2 Å². The smallest absolute Gasteiger partial charge is 0.307 e. The summed E-state index contributed by atoms with van der Waals surface area (Å²) >= 11 is 5.99. The van der Waals surface area contributed by atoms with Crippen LogP contribution in [0.1, 0.15) is 5.56 Å². The summed E-state index contributed by atoms with van der Waals surface area (Å²) in [5, 5.41) is 9.33. The Balaban J connectivity index is 2.63. The minimum atomic E-state index is -1.00. The summed E-state index contributed by atoms with van der Waals surface area (Å²) in [6, 6.07) is 4.03. The van der Waals surface area contributed by atoms with E-state index in [9.17, 15) is 9.18 Å². The van der Waals surface area contributed by atoms with E-state index in [0.717, 1.165) is 0 Å². The maximum absolute atomic E-state index is 13.0. The number of rotatable bonds is 2.